The van der Waals surface area contributed by atoms with Crippen LogP contribution < -0.4 is 15.8 Å². The van der Waals surface area contributed by atoms with Gasteiger partial charge in [-0.3, -0.25) is 0 Å². The Morgan fingerprint density at radius 2 is 1.69 bits per heavy atom. The summed E-state index contributed by atoms with van der Waals surface area (Å²) in [5, 5.41) is 3.55. The molecule has 3 aromatic rings. The van der Waals surface area contributed by atoms with Crippen molar-refractivity contribution in [2.75, 3.05) is 12.4 Å². The minimum absolute atomic E-state index is 0.311. The maximum atomic E-state index is 6.14. The van der Waals surface area contributed by atoms with Crippen LogP contribution in [0.5, 0.6) is 5.75 Å². The molecule has 150 valence electrons. The van der Waals surface area contributed by atoms with Gasteiger partial charge in [0.05, 0.1) is 31.9 Å². The molecule has 3 N–H and O–H groups in total. The lowest BCUT2D eigenvalue weighted by atomic mass is 10.1. The first-order chi connectivity index (χ1) is 14.2. The average molecular weight is 410 g/mol. The van der Waals surface area contributed by atoms with Gasteiger partial charge in [0, 0.05) is 5.69 Å². The molecule has 29 heavy (non-hydrogen) atoms. The lowest BCUT2D eigenvalue weighted by Crippen LogP contribution is -2.22. The van der Waals surface area contributed by atoms with Crippen LogP contribution in [0.15, 0.2) is 77.8 Å². The van der Waals surface area contributed by atoms with Gasteiger partial charge >= 0.3 is 0 Å². The fraction of sp³-hybridized carbons (Fsp3) is 0.174. The number of nitrogens with one attached hydrogen (secondary N) is 1. The maximum Gasteiger partial charge on any atom is 0.193 e. The van der Waals surface area contributed by atoms with Gasteiger partial charge < -0.3 is 20.5 Å². The lowest BCUT2D eigenvalue weighted by molar-refractivity contribution is 0.106. The second-order valence-corrected chi connectivity index (χ2v) is 6.83. The highest BCUT2D eigenvalue weighted by atomic mass is 35.5. The van der Waals surface area contributed by atoms with Gasteiger partial charge in [0.2, 0.25) is 0 Å². The van der Waals surface area contributed by atoms with Crippen LogP contribution in [0.3, 0.4) is 0 Å². The molecule has 0 saturated heterocycles. The summed E-state index contributed by atoms with van der Waals surface area (Å²) >= 11 is 6.14. The van der Waals surface area contributed by atoms with E-state index in [4.69, 9.17) is 26.8 Å². The van der Waals surface area contributed by atoms with Crippen LogP contribution in [0.25, 0.3) is 0 Å². The quantitative estimate of drug-likeness (QED) is 0.406. The molecule has 0 aromatic heterocycles. The van der Waals surface area contributed by atoms with Crippen molar-refractivity contribution >= 4 is 23.2 Å². The summed E-state index contributed by atoms with van der Waals surface area (Å²) in [6.45, 7) is 1.54. The van der Waals surface area contributed by atoms with E-state index in [0.29, 0.717) is 36.5 Å². The number of rotatable bonds is 8. The first-order valence-electron chi connectivity index (χ1n) is 9.24. The van der Waals surface area contributed by atoms with Crippen molar-refractivity contribution < 1.29 is 9.47 Å². The highest BCUT2D eigenvalue weighted by Gasteiger charge is 2.05. The van der Waals surface area contributed by atoms with Gasteiger partial charge in [-0.15, -0.1) is 0 Å². The zero-order valence-electron chi connectivity index (χ0n) is 16.3. The van der Waals surface area contributed by atoms with Crippen molar-refractivity contribution in [3.05, 3.63) is 94.5 Å². The molecule has 3 aromatic carbocycles. The van der Waals surface area contributed by atoms with Gasteiger partial charge in [0.15, 0.2) is 5.96 Å². The number of halogens is 1. The standard InChI is InChI=1S/C23H24ClN3O2/c1-28-22-12-11-20(13-21(22)24)27-23(25)26-14-18-9-5-6-10-19(18)16-29-15-17-7-3-2-4-8-17/h2-13H,14-16H2,1H3,(H3,25,26,27). The Morgan fingerprint density at radius 1 is 0.966 bits per heavy atom. The first-order valence-corrected chi connectivity index (χ1v) is 9.62. The number of nitrogens with two attached hydrogens (primary N) is 1. The topological polar surface area (TPSA) is 68.9 Å². The molecule has 5 nitrogen and oxygen atoms in total. The fourth-order valence-corrected chi connectivity index (χ4v) is 3.07. The second-order valence-electron chi connectivity index (χ2n) is 6.42. The molecule has 0 aliphatic rings. The number of nitrogens with zero attached hydrogens (tertiary/aromatic N) is 1. The molecule has 0 aliphatic heterocycles. The van der Waals surface area contributed by atoms with Crippen LogP contribution in [0, 0.1) is 0 Å². The molecule has 0 amide bonds. The normalized spacial score (nSPS) is 11.3. The molecule has 0 spiro atoms. The molecule has 6 heteroatoms. The summed E-state index contributed by atoms with van der Waals surface area (Å²) in [4.78, 5) is 4.44. The third kappa shape index (κ3) is 6.24. The third-order valence-electron chi connectivity index (χ3n) is 4.33. The van der Waals surface area contributed by atoms with Crippen molar-refractivity contribution in [3.8, 4) is 5.75 Å². The zero-order valence-corrected chi connectivity index (χ0v) is 17.0. The number of hydrogen-bond donors (Lipinski definition) is 2. The predicted octanol–water partition coefficient (Wildman–Crippen LogP) is 4.99. The molecule has 0 radical (unpaired) electrons. The lowest BCUT2D eigenvalue weighted by Gasteiger charge is -2.10. The molecule has 0 unspecified atom stereocenters. The van der Waals surface area contributed by atoms with Crippen LogP contribution in [0.2, 0.25) is 5.02 Å². The zero-order chi connectivity index (χ0) is 20.5. The summed E-state index contributed by atoms with van der Waals surface area (Å²) in [6.07, 6.45) is 0. The number of aliphatic imine (C=N–C) groups is 1. The summed E-state index contributed by atoms with van der Waals surface area (Å²) in [5.41, 5.74) is 10.1. The molecule has 3 rings (SSSR count). The molecule has 0 bridgehead atoms. The van der Waals surface area contributed by atoms with Crippen molar-refractivity contribution in [2.45, 2.75) is 19.8 Å². The first kappa shape index (κ1) is 20.7. The predicted molar refractivity (Wildman–Crippen MR) is 118 cm³/mol. The smallest absolute Gasteiger partial charge is 0.193 e. The number of benzene rings is 3. The number of ether oxygens (including phenoxy) is 2. The van der Waals surface area contributed by atoms with Crippen LogP contribution in [0.4, 0.5) is 5.69 Å². The van der Waals surface area contributed by atoms with Gasteiger partial charge in [-0.25, -0.2) is 4.99 Å². The van der Waals surface area contributed by atoms with E-state index in [1.807, 2.05) is 60.7 Å². The molecular formula is C23H24ClN3O2. The summed E-state index contributed by atoms with van der Waals surface area (Å²) in [5.74, 6) is 0.920. The van der Waals surface area contributed by atoms with E-state index >= 15 is 0 Å². The van der Waals surface area contributed by atoms with Crippen molar-refractivity contribution in [3.63, 3.8) is 0 Å². The maximum absolute atomic E-state index is 6.14. The van der Waals surface area contributed by atoms with Crippen LogP contribution in [-0.4, -0.2) is 13.1 Å². The van der Waals surface area contributed by atoms with E-state index < -0.39 is 0 Å². The van der Waals surface area contributed by atoms with E-state index in [-0.39, 0.29) is 0 Å². The largest absolute Gasteiger partial charge is 0.495 e. The van der Waals surface area contributed by atoms with Crippen molar-refractivity contribution in [1.29, 1.82) is 0 Å². The Labute approximate surface area is 176 Å². The Bertz CT molecular complexity index is 961. The fourth-order valence-electron chi connectivity index (χ4n) is 2.81. The van der Waals surface area contributed by atoms with E-state index in [2.05, 4.69) is 10.3 Å². The molecule has 0 atom stereocenters. The molecule has 0 heterocycles. The minimum Gasteiger partial charge on any atom is -0.495 e. The van der Waals surface area contributed by atoms with Crippen molar-refractivity contribution in [2.24, 2.45) is 10.7 Å². The number of methoxy groups -OCH3 is 1. The monoisotopic (exact) mass is 409 g/mol. The Morgan fingerprint density at radius 3 is 2.41 bits per heavy atom. The van der Waals surface area contributed by atoms with E-state index in [0.717, 1.165) is 22.4 Å². The van der Waals surface area contributed by atoms with Crippen molar-refractivity contribution in [1.82, 2.24) is 0 Å². The van der Waals surface area contributed by atoms with E-state index in [9.17, 15) is 0 Å². The average Bonchev–Trinajstić information content (AvgIpc) is 2.74. The van der Waals surface area contributed by atoms with Gasteiger partial charge in [-0.05, 0) is 34.9 Å². The minimum atomic E-state index is 0.311. The van der Waals surface area contributed by atoms with Crippen LogP contribution >= 0.6 is 11.6 Å². The number of anilines is 1. The highest BCUT2D eigenvalue weighted by Crippen LogP contribution is 2.27. The molecule has 0 saturated carbocycles. The molecule has 0 fully saturated rings. The van der Waals surface area contributed by atoms with Gasteiger partial charge in [-0.1, -0.05) is 66.2 Å². The summed E-state index contributed by atoms with van der Waals surface area (Å²) < 4.78 is 11.0. The van der Waals surface area contributed by atoms with Crippen LogP contribution in [-0.2, 0) is 24.5 Å². The van der Waals surface area contributed by atoms with E-state index in [1.54, 1.807) is 19.2 Å². The Balaban J connectivity index is 1.58. The van der Waals surface area contributed by atoms with Gasteiger partial charge in [0.1, 0.15) is 5.75 Å². The van der Waals surface area contributed by atoms with E-state index in [1.165, 1.54) is 0 Å². The second kappa shape index (κ2) is 10.5. The number of guanidine groups is 1. The van der Waals surface area contributed by atoms with Gasteiger partial charge in [0.25, 0.3) is 0 Å². The SMILES string of the molecule is COc1ccc(NC(N)=NCc2ccccc2COCc2ccccc2)cc1Cl. The highest BCUT2D eigenvalue weighted by molar-refractivity contribution is 6.32. The molecular weight excluding hydrogens is 386 g/mol. The Hall–Kier alpha value is -3.02. The third-order valence-corrected chi connectivity index (χ3v) is 4.63. The molecule has 0 aliphatic carbocycles. The van der Waals surface area contributed by atoms with Gasteiger partial charge in [-0.2, -0.15) is 0 Å². The number of hydrogen-bond acceptors (Lipinski definition) is 3. The van der Waals surface area contributed by atoms with Crippen LogP contribution in [0.1, 0.15) is 16.7 Å². The Kier molecular flexibility index (Phi) is 7.50. The summed E-state index contributed by atoms with van der Waals surface area (Å²) in [7, 11) is 1.57. The summed E-state index contributed by atoms with van der Waals surface area (Å²) in [6, 6.07) is 23.5.